The Morgan fingerprint density at radius 1 is 1.23 bits per heavy atom. The van der Waals surface area contributed by atoms with Crippen LogP contribution in [0.3, 0.4) is 0 Å². The van der Waals surface area contributed by atoms with Gasteiger partial charge in [0.1, 0.15) is 24.1 Å². The van der Waals surface area contributed by atoms with Gasteiger partial charge in [0.05, 0.1) is 37.9 Å². The summed E-state index contributed by atoms with van der Waals surface area (Å²) >= 11 is 0. The van der Waals surface area contributed by atoms with E-state index in [2.05, 4.69) is 4.98 Å². The topological polar surface area (TPSA) is 120 Å². The molecule has 1 aromatic carbocycles. The summed E-state index contributed by atoms with van der Waals surface area (Å²) in [5, 5.41) is 40.9. The number of β-amino-alcohol motifs (C(OH)–C–C–N with tert-alkyl or cyclic N) is 1. The number of aliphatic hydroxyl groups is 4. The fourth-order valence-corrected chi connectivity index (χ4v) is 3.48. The lowest BCUT2D eigenvalue weighted by Gasteiger charge is -2.33. The maximum Gasteiger partial charge on any atom is 0.121 e. The maximum absolute atomic E-state index is 10.8. The molecule has 0 amide bonds. The van der Waals surface area contributed by atoms with Crippen LogP contribution in [-0.2, 0) is 18.3 Å². The van der Waals surface area contributed by atoms with Gasteiger partial charge >= 0.3 is 0 Å². The molecule has 1 aromatic heterocycles. The molecule has 2 heterocycles. The van der Waals surface area contributed by atoms with Crippen LogP contribution in [-0.4, -0.2) is 80.8 Å². The maximum atomic E-state index is 10.8. The lowest BCUT2D eigenvalue weighted by Crippen LogP contribution is -2.51. The number of hydrogen-bond acceptors (Lipinski definition) is 8. The van der Waals surface area contributed by atoms with E-state index < -0.39 is 31.0 Å². The van der Waals surface area contributed by atoms with Crippen LogP contribution in [0.4, 0.5) is 5.69 Å². The number of imidazole rings is 1. The smallest absolute Gasteiger partial charge is 0.121 e. The highest BCUT2D eigenvalue weighted by molar-refractivity contribution is 5.51. The number of fused-ring (bicyclic) bond motifs is 2. The molecule has 4 atom stereocenters. The molecule has 2 bridgehead atoms. The highest BCUT2D eigenvalue weighted by atomic mass is 16.5. The Bertz CT molecular complexity index is 786. The fraction of sp³-hybridized carbons (Fsp3) is 0.571. The number of nitrogens with zero attached hydrogens (tertiary/aromatic N) is 3. The van der Waals surface area contributed by atoms with E-state index >= 15 is 0 Å². The van der Waals surface area contributed by atoms with Gasteiger partial charge in [-0.3, -0.25) is 0 Å². The van der Waals surface area contributed by atoms with Gasteiger partial charge in [-0.15, -0.1) is 0 Å². The van der Waals surface area contributed by atoms with Crippen molar-refractivity contribution in [2.75, 3.05) is 31.3 Å². The van der Waals surface area contributed by atoms with E-state index in [0.717, 1.165) is 23.6 Å². The molecule has 1 aliphatic heterocycles. The van der Waals surface area contributed by atoms with Crippen LogP contribution in [0, 0.1) is 0 Å². The second-order valence-electron chi connectivity index (χ2n) is 7.61. The Hall–Kier alpha value is -2.17. The van der Waals surface area contributed by atoms with E-state index in [1.165, 1.54) is 0 Å². The fourth-order valence-electron chi connectivity index (χ4n) is 3.48. The van der Waals surface area contributed by atoms with Crippen LogP contribution in [0.15, 0.2) is 36.8 Å². The SMILES string of the molecule is Cn1cnc(CN2C[C@@H](O)[C@@H](O)[C@@H]([C@H](O)CO)OCCCCOc3cccc2c3)c1. The standard InChI is InChI=1S/C21H31N3O6/c1-23-10-15(22-14-23)11-24-12-18(26)20(28)21(19(27)13-25)30-8-3-2-7-29-17-6-4-5-16(24)9-17/h4-6,9-10,14,18-21,25-28H,2-3,7-8,11-13H2,1H3/t18-,19-,20-,21-/m1/s1. The van der Waals surface area contributed by atoms with Crippen molar-refractivity contribution in [1.82, 2.24) is 9.55 Å². The van der Waals surface area contributed by atoms with E-state index in [4.69, 9.17) is 9.47 Å². The Morgan fingerprint density at radius 3 is 2.77 bits per heavy atom. The number of hydrogen-bond donors (Lipinski definition) is 4. The van der Waals surface area contributed by atoms with Gasteiger partial charge in [0.2, 0.25) is 0 Å². The molecule has 0 saturated carbocycles. The molecule has 9 nitrogen and oxygen atoms in total. The number of ether oxygens (including phenoxy) is 2. The summed E-state index contributed by atoms with van der Waals surface area (Å²) in [6.07, 6.45) is -0.0379. The second kappa shape index (κ2) is 10.7. The molecule has 166 valence electrons. The van der Waals surface area contributed by atoms with Crippen LogP contribution in [0.5, 0.6) is 5.75 Å². The Kier molecular flexibility index (Phi) is 8.06. The molecule has 0 spiro atoms. The minimum absolute atomic E-state index is 0.0687. The number of aliphatic hydroxyl groups excluding tert-OH is 4. The lowest BCUT2D eigenvalue weighted by molar-refractivity contribution is -0.141. The first-order valence-corrected chi connectivity index (χ1v) is 10.2. The van der Waals surface area contributed by atoms with Gasteiger partial charge in [-0.2, -0.15) is 0 Å². The van der Waals surface area contributed by atoms with E-state index in [1.807, 2.05) is 47.0 Å². The number of aromatic nitrogens is 2. The normalized spacial score (nSPS) is 24.7. The van der Waals surface area contributed by atoms with Crippen molar-refractivity contribution in [2.24, 2.45) is 7.05 Å². The van der Waals surface area contributed by atoms with E-state index in [-0.39, 0.29) is 13.2 Å². The molecule has 2 aromatic rings. The Balaban J connectivity index is 1.88. The molecule has 0 fully saturated rings. The van der Waals surface area contributed by atoms with Crippen molar-refractivity contribution >= 4 is 5.69 Å². The summed E-state index contributed by atoms with van der Waals surface area (Å²) in [5.41, 5.74) is 1.61. The van der Waals surface area contributed by atoms with Crippen molar-refractivity contribution in [2.45, 2.75) is 43.8 Å². The zero-order valence-corrected chi connectivity index (χ0v) is 17.2. The first-order chi connectivity index (χ1) is 14.5. The number of anilines is 1. The van der Waals surface area contributed by atoms with Crippen LogP contribution in [0.2, 0.25) is 0 Å². The molecular formula is C21H31N3O6. The molecule has 1 aliphatic rings. The van der Waals surface area contributed by atoms with Crippen molar-refractivity contribution in [3.05, 3.63) is 42.5 Å². The van der Waals surface area contributed by atoms with Crippen LogP contribution in [0.1, 0.15) is 18.5 Å². The summed E-state index contributed by atoms with van der Waals surface area (Å²) in [6, 6.07) is 7.55. The minimum atomic E-state index is -1.37. The predicted molar refractivity (Wildman–Crippen MR) is 110 cm³/mol. The molecule has 4 N–H and O–H groups in total. The van der Waals surface area contributed by atoms with Crippen molar-refractivity contribution < 1.29 is 29.9 Å². The monoisotopic (exact) mass is 421 g/mol. The summed E-state index contributed by atoms with van der Waals surface area (Å²) < 4.78 is 13.3. The molecule has 0 unspecified atom stereocenters. The zero-order chi connectivity index (χ0) is 21.5. The molecular weight excluding hydrogens is 390 g/mol. The van der Waals surface area contributed by atoms with E-state index in [9.17, 15) is 20.4 Å². The average molecular weight is 421 g/mol. The van der Waals surface area contributed by atoms with Gasteiger partial charge in [-0.05, 0) is 25.0 Å². The summed E-state index contributed by atoms with van der Waals surface area (Å²) in [4.78, 5) is 6.24. The molecule has 9 heteroatoms. The second-order valence-corrected chi connectivity index (χ2v) is 7.61. The Labute approximate surface area is 176 Å². The van der Waals surface area contributed by atoms with Crippen molar-refractivity contribution in [3.63, 3.8) is 0 Å². The predicted octanol–water partition coefficient (Wildman–Crippen LogP) is 0.0595. The highest BCUT2D eigenvalue weighted by Crippen LogP contribution is 2.24. The van der Waals surface area contributed by atoms with Gasteiger partial charge in [0.15, 0.2) is 0 Å². The zero-order valence-electron chi connectivity index (χ0n) is 17.2. The quantitative estimate of drug-likeness (QED) is 0.547. The van der Waals surface area contributed by atoms with Gasteiger partial charge < -0.3 is 39.4 Å². The van der Waals surface area contributed by atoms with Crippen molar-refractivity contribution in [3.8, 4) is 5.75 Å². The van der Waals surface area contributed by atoms with Gasteiger partial charge in [-0.25, -0.2) is 4.98 Å². The molecule has 0 radical (unpaired) electrons. The van der Waals surface area contributed by atoms with Crippen LogP contribution in [0.25, 0.3) is 0 Å². The molecule has 0 aliphatic carbocycles. The van der Waals surface area contributed by atoms with Crippen molar-refractivity contribution in [1.29, 1.82) is 0 Å². The Morgan fingerprint density at radius 2 is 2.03 bits per heavy atom. The first kappa shape index (κ1) is 22.5. The summed E-state index contributed by atoms with van der Waals surface area (Å²) in [7, 11) is 1.88. The molecule has 3 rings (SSSR count). The van der Waals surface area contributed by atoms with Crippen LogP contribution >= 0.6 is 0 Å². The van der Waals surface area contributed by atoms with Gasteiger partial charge in [0.25, 0.3) is 0 Å². The van der Waals surface area contributed by atoms with E-state index in [0.29, 0.717) is 19.6 Å². The van der Waals surface area contributed by atoms with Gasteiger partial charge in [0, 0.05) is 38.1 Å². The largest absolute Gasteiger partial charge is 0.494 e. The minimum Gasteiger partial charge on any atom is -0.494 e. The third kappa shape index (κ3) is 5.93. The third-order valence-corrected chi connectivity index (χ3v) is 5.12. The van der Waals surface area contributed by atoms with Gasteiger partial charge in [-0.1, -0.05) is 6.07 Å². The average Bonchev–Trinajstić information content (AvgIpc) is 3.16. The van der Waals surface area contributed by atoms with E-state index in [1.54, 1.807) is 6.33 Å². The summed E-state index contributed by atoms with van der Waals surface area (Å²) in [6.45, 7) is 0.677. The molecule has 0 saturated heterocycles. The first-order valence-electron chi connectivity index (χ1n) is 10.2. The molecule has 30 heavy (non-hydrogen) atoms. The highest BCUT2D eigenvalue weighted by Gasteiger charge is 2.34. The third-order valence-electron chi connectivity index (χ3n) is 5.12. The summed E-state index contributed by atoms with van der Waals surface area (Å²) in [5.74, 6) is 0.722. The van der Waals surface area contributed by atoms with Crippen LogP contribution < -0.4 is 9.64 Å². The number of benzene rings is 1. The number of rotatable bonds is 4. The lowest BCUT2D eigenvalue weighted by atomic mass is 10.0. The number of aryl methyl sites for hydroxylation is 1.